The van der Waals surface area contributed by atoms with E-state index in [9.17, 15) is 4.79 Å². The molecule has 0 aromatic rings. The van der Waals surface area contributed by atoms with Crippen LogP contribution in [0.3, 0.4) is 0 Å². The first-order valence-electron chi connectivity index (χ1n) is 3.10. The highest BCUT2D eigenvalue weighted by Gasteiger charge is 2.17. The second-order valence-electron chi connectivity index (χ2n) is 2.04. The van der Waals surface area contributed by atoms with Gasteiger partial charge in [0.1, 0.15) is 5.71 Å². The molecule has 0 radical (unpaired) electrons. The van der Waals surface area contributed by atoms with E-state index < -0.39 is 0 Å². The Morgan fingerprint density at radius 1 is 1.82 bits per heavy atom. The lowest BCUT2D eigenvalue weighted by molar-refractivity contribution is -0.113. The second kappa shape index (κ2) is 3.29. The molecule has 0 spiro atoms. The van der Waals surface area contributed by atoms with Crippen LogP contribution in [0.25, 0.3) is 0 Å². The van der Waals surface area contributed by atoms with Gasteiger partial charge in [-0.2, -0.15) is 5.10 Å². The molecule has 1 saturated heterocycles. The molecule has 1 aliphatic heterocycles. The maximum atomic E-state index is 10.8. The largest absolute Gasteiger partial charge is 0.375 e. The average molecular weight is 172 g/mol. The molecule has 0 aliphatic carbocycles. The van der Waals surface area contributed by atoms with E-state index in [1.807, 2.05) is 0 Å². The van der Waals surface area contributed by atoms with Crippen molar-refractivity contribution in [1.29, 1.82) is 0 Å². The molecule has 1 aliphatic rings. The lowest BCUT2D eigenvalue weighted by Crippen LogP contribution is -2.27. The van der Waals surface area contributed by atoms with Crippen LogP contribution in [0.4, 0.5) is 0 Å². The number of hydrazone groups is 1. The van der Waals surface area contributed by atoms with Crippen molar-refractivity contribution in [3.63, 3.8) is 0 Å². The van der Waals surface area contributed by atoms with Crippen LogP contribution in [-0.2, 0) is 4.79 Å². The molecule has 0 atom stereocenters. The Morgan fingerprint density at radius 2 is 2.55 bits per heavy atom. The Balaban J connectivity index is 2.52. The number of rotatable bonds is 1. The average Bonchev–Trinajstić information content (AvgIpc) is 2.31. The van der Waals surface area contributed by atoms with Crippen molar-refractivity contribution in [2.75, 3.05) is 6.54 Å². The van der Waals surface area contributed by atoms with Gasteiger partial charge in [-0.25, -0.2) is 0 Å². The molecule has 60 valence electrons. The van der Waals surface area contributed by atoms with Gasteiger partial charge in [-0.3, -0.25) is 10.2 Å². The van der Waals surface area contributed by atoms with Crippen molar-refractivity contribution in [3.8, 4) is 0 Å². The molecule has 11 heavy (non-hydrogen) atoms. The zero-order chi connectivity index (χ0) is 8.27. The molecule has 0 unspecified atom stereocenters. The normalized spacial score (nSPS) is 20.0. The molecule has 1 rings (SSSR count). The van der Waals surface area contributed by atoms with Crippen LogP contribution in [-0.4, -0.2) is 23.3 Å². The van der Waals surface area contributed by atoms with Gasteiger partial charge in [-0.05, 0) is 12.2 Å². The first kappa shape index (κ1) is 7.93. The highest BCUT2D eigenvalue weighted by atomic mass is 32.1. The third-order valence-corrected chi connectivity index (χ3v) is 1.30. The van der Waals surface area contributed by atoms with Crippen molar-refractivity contribution in [1.82, 2.24) is 10.7 Å². The van der Waals surface area contributed by atoms with Crippen LogP contribution >= 0.6 is 12.2 Å². The number of carbonyl (C=O) groups is 1. The quantitative estimate of drug-likeness (QED) is 0.339. The molecule has 0 aromatic carbocycles. The van der Waals surface area contributed by atoms with E-state index in [1.165, 1.54) is 0 Å². The zero-order valence-corrected chi connectivity index (χ0v) is 6.57. The SMILES string of the molecule is NC(=S)NN=C1CCNC1=O. The third kappa shape index (κ3) is 2.15. The van der Waals surface area contributed by atoms with Gasteiger partial charge in [0.2, 0.25) is 0 Å². The van der Waals surface area contributed by atoms with Crippen molar-refractivity contribution < 1.29 is 4.79 Å². The summed E-state index contributed by atoms with van der Waals surface area (Å²) in [6, 6.07) is 0. The summed E-state index contributed by atoms with van der Waals surface area (Å²) in [6.45, 7) is 0.636. The fourth-order valence-corrected chi connectivity index (χ4v) is 0.785. The topological polar surface area (TPSA) is 79.5 Å². The monoisotopic (exact) mass is 172 g/mol. The number of carbonyl (C=O) groups excluding carboxylic acids is 1. The maximum absolute atomic E-state index is 10.8. The first-order chi connectivity index (χ1) is 5.20. The summed E-state index contributed by atoms with van der Waals surface area (Å²) >= 11 is 4.50. The van der Waals surface area contributed by atoms with E-state index in [2.05, 4.69) is 28.1 Å². The number of nitrogens with one attached hydrogen (secondary N) is 2. The number of hydrogen-bond donors (Lipinski definition) is 3. The number of thiocarbonyl (C=S) groups is 1. The van der Waals surface area contributed by atoms with Crippen molar-refractivity contribution >= 4 is 28.9 Å². The van der Waals surface area contributed by atoms with Crippen LogP contribution in [0, 0.1) is 0 Å². The van der Waals surface area contributed by atoms with E-state index in [1.54, 1.807) is 0 Å². The Hall–Kier alpha value is -1.17. The fourth-order valence-electron chi connectivity index (χ4n) is 0.739. The smallest absolute Gasteiger partial charge is 0.267 e. The minimum Gasteiger partial charge on any atom is -0.375 e. The van der Waals surface area contributed by atoms with Gasteiger partial charge in [0.05, 0.1) is 0 Å². The molecule has 6 heteroatoms. The predicted molar refractivity (Wildman–Crippen MR) is 45.0 cm³/mol. The summed E-state index contributed by atoms with van der Waals surface area (Å²) in [7, 11) is 0. The minimum absolute atomic E-state index is 0.0669. The van der Waals surface area contributed by atoms with Crippen LogP contribution in [0.2, 0.25) is 0 Å². The van der Waals surface area contributed by atoms with Gasteiger partial charge in [0.15, 0.2) is 5.11 Å². The van der Waals surface area contributed by atoms with Crippen molar-refractivity contribution in [3.05, 3.63) is 0 Å². The van der Waals surface area contributed by atoms with E-state index in [4.69, 9.17) is 5.73 Å². The van der Waals surface area contributed by atoms with E-state index in [0.29, 0.717) is 18.7 Å². The summed E-state index contributed by atoms with van der Waals surface area (Å²) in [5.74, 6) is -0.159. The fraction of sp³-hybridized carbons (Fsp3) is 0.400. The molecule has 4 N–H and O–H groups in total. The van der Waals surface area contributed by atoms with Gasteiger partial charge in [0, 0.05) is 13.0 Å². The van der Waals surface area contributed by atoms with E-state index >= 15 is 0 Å². The van der Waals surface area contributed by atoms with Crippen LogP contribution in [0.5, 0.6) is 0 Å². The summed E-state index contributed by atoms with van der Waals surface area (Å²) in [4.78, 5) is 10.8. The zero-order valence-electron chi connectivity index (χ0n) is 5.76. The van der Waals surface area contributed by atoms with Gasteiger partial charge >= 0.3 is 0 Å². The lowest BCUT2D eigenvalue weighted by Gasteiger charge is -1.94. The Bertz CT molecular complexity index is 225. The summed E-state index contributed by atoms with van der Waals surface area (Å²) < 4.78 is 0. The highest BCUT2D eigenvalue weighted by Crippen LogP contribution is 1.93. The summed E-state index contributed by atoms with van der Waals surface area (Å²) in [5.41, 5.74) is 7.89. The van der Waals surface area contributed by atoms with Gasteiger partial charge in [0.25, 0.3) is 5.91 Å². The van der Waals surface area contributed by atoms with Crippen LogP contribution < -0.4 is 16.5 Å². The standard InChI is InChI=1S/C5H8N4OS/c6-5(11)9-8-3-1-2-7-4(3)10/h1-2H2,(H,7,10)(H3,6,9,11). The molecule has 5 nitrogen and oxygen atoms in total. The number of amides is 1. The third-order valence-electron chi connectivity index (χ3n) is 1.21. The van der Waals surface area contributed by atoms with Crippen LogP contribution in [0.15, 0.2) is 5.10 Å². The first-order valence-corrected chi connectivity index (χ1v) is 3.51. The molecule has 0 aromatic heterocycles. The Kier molecular flexibility index (Phi) is 2.37. The van der Waals surface area contributed by atoms with Gasteiger partial charge in [-0.15, -0.1) is 0 Å². The number of nitrogens with zero attached hydrogens (tertiary/aromatic N) is 1. The maximum Gasteiger partial charge on any atom is 0.267 e. The summed E-state index contributed by atoms with van der Waals surface area (Å²) in [5, 5.41) is 6.36. The van der Waals surface area contributed by atoms with Gasteiger partial charge in [-0.1, -0.05) is 0 Å². The molecule has 0 saturated carbocycles. The van der Waals surface area contributed by atoms with E-state index in [0.717, 1.165) is 0 Å². The lowest BCUT2D eigenvalue weighted by atomic mass is 10.3. The number of hydrogen-bond acceptors (Lipinski definition) is 3. The molecule has 1 heterocycles. The molecule has 1 fully saturated rings. The van der Waals surface area contributed by atoms with Crippen molar-refractivity contribution in [2.45, 2.75) is 6.42 Å². The highest BCUT2D eigenvalue weighted by molar-refractivity contribution is 7.80. The Labute approximate surface area is 69.0 Å². The van der Waals surface area contributed by atoms with E-state index in [-0.39, 0.29) is 11.0 Å². The summed E-state index contributed by atoms with van der Waals surface area (Å²) in [6.07, 6.45) is 0.619. The Morgan fingerprint density at radius 3 is 3.00 bits per heavy atom. The molecule has 0 bridgehead atoms. The molecule has 1 amide bonds. The van der Waals surface area contributed by atoms with Gasteiger partial charge < -0.3 is 11.1 Å². The van der Waals surface area contributed by atoms with Crippen LogP contribution in [0.1, 0.15) is 6.42 Å². The second-order valence-corrected chi connectivity index (χ2v) is 2.48. The molecular formula is C5H8N4OS. The van der Waals surface area contributed by atoms with Crippen molar-refractivity contribution in [2.24, 2.45) is 10.8 Å². The number of nitrogens with two attached hydrogens (primary N) is 1. The predicted octanol–water partition coefficient (Wildman–Crippen LogP) is -1.30. The minimum atomic E-state index is -0.159. The molecular weight excluding hydrogens is 164 g/mol.